The van der Waals surface area contributed by atoms with Gasteiger partial charge in [-0.1, -0.05) is 22.7 Å². The Kier molecular flexibility index (Phi) is 4.43. The molecule has 0 saturated carbocycles. The lowest BCUT2D eigenvalue weighted by Gasteiger charge is -2.08. The number of aromatic nitrogens is 2. The van der Waals surface area contributed by atoms with Crippen molar-refractivity contribution in [3.05, 3.63) is 51.8 Å². The van der Waals surface area contributed by atoms with Crippen LogP contribution in [0.3, 0.4) is 0 Å². The molecule has 0 aliphatic rings. The van der Waals surface area contributed by atoms with Crippen LogP contribution in [0.1, 0.15) is 16.1 Å². The summed E-state index contributed by atoms with van der Waals surface area (Å²) in [6, 6.07) is 6.00. The Morgan fingerprint density at radius 3 is 2.43 bits per heavy atom. The molecule has 0 spiro atoms. The number of carbonyl (C=O) groups is 1. The Morgan fingerprint density at radius 2 is 1.91 bits per heavy atom. The summed E-state index contributed by atoms with van der Waals surface area (Å²) in [5, 5.41) is 10.7. The van der Waals surface area contributed by atoms with Crippen molar-refractivity contribution < 1.29 is 18.1 Å². The lowest BCUT2D eigenvalue weighted by Crippen LogP contribution is -2.42. The van der Waals surface area contributed by atoms with Gasteiger partial charge in [-0.2, -0.15) is 0 Å². The molecule has 11 heteroatoms. The Bertz CT molecular complexity index is 856. The number of nitrogens with one attached hydrogen (secondary N) is 2. The van der Waals surface area contributed by atoms with E-state index in [-0.39, 0.29) is 10.6 Å². The Balaban J connectivity index is 2.12. The van der Waals surface area contributed by atoms with E-state index >= 15 is 0 Å². The lowest BCUT2D eigenvalue weighted by molar-refractivity contribution is -0.396. The molecule has 0 radical (unpaired) electrons. The number of amides is 1. The maximum Gasteiger partial charge on any atom is 0.434 e. The zero-order valence-corrected chi connectivity index (χ0v) is 13.0. The van der Waals surface area contributed by atoms with Crippen LogP contribution in [0.5, 0.6) is 0 Å². The van der Waals surface area contributed by atoms with Crippen molar-refractivity contribution in [2.24, 2.45) is 7.05 Å². The SMILES string of the molecule is Cc1ccc(S(=O)(=O)NNC(=O)c2cnc([N+](=O)[O-])n2C)cc1. The summed E-state index contributed by atoms with van der Waals surface area (Å²) in [6.45, 7) is 1.81. The fraction of sp³-hybridized carbons (Fsp3) is 0.167. The number of aryl methyl sites for hydroxylation is 1. The van der Waals surface area contributed by atoms with Gasteiger partial charge in [-0.3, -0.25) is 10.2 Å². The van der Waals surface area contributed by atoms with E-state index in [0.717, 1.165) is 16.3 Å². The molecule has 1 aromatic heterocycles. The molecule has 1 amide bonds. The molecule has 1 aromatic carbocycles. The van der Waals surface area contributed by atoms with Gasteiger partial charge in [0.05, 0.1) is 11.9 Å². The van der Waals surface area contributed by atoms with Crippen molar-refractivity contribution in [1.82, 2.24) is 19.8 Å². The first kappa shape index (κ1) is 16.6. The molecule has 0 aliphatic carbocycles. The van der Waals surface area contributed by atoms with Gasteiger partial charge in [0.15, 0.2) is 6.20 Å². The molecule has 2 rings (SSSR count). The van der Waals surface area contributed by atoms with Crippen molar-refractivity contribution >= 4 is 21.9 Å². The monoisotopic (exact) mass is 339 g/mol. The topological polar surface area (TPSA) is 136 Å². The van der Waals surface area contributed by atoms with Gasteiger partial charge in [-0.15, -0.1) is 4.83 Å². The van der Waals surface area contributed by atoms with E-state index in [4.69, 9.17) is 0 Å². The van der Waals surface area contributed by atoms with E-state index in [1.54, 1.807) is 19.1 Å². The van der Waals surface area contributed by atoms with Gasteiger partial charge in [-0.25, -0.2) is 13.0 Å². The van der Waals surface area contributed by atoms with Crippen molar-refractivity contribution in [2.45, 2.75) is 11.8 Å². The van der Waals surface area contributed by atoms with Crippen LogP contribution in [0.25, 0.3) is 0 Å². The van der Waals surface area contributed by atoms with Crippen molar-refractivity contribution in [3.8, 4) is 0 Å². The average molecular weight is 339 g/mol. The van der Waals surface area contributed by atoms with Crippen LogP contribution in [-0.4, -0.2) is 28.8 Å². The second kappa shape index (κ2) is 6.14. The summed E-state index contributed by atoms with van der Waals surface area (Å²) >= 11 is 0. The van der Waals surface area contributed by atoms with E-state index in [9.17, 15) is 23.3 Å². The predicted molar refractivity (Wildman–Crippen MR) is 78.8 cm³/mol. The van der Waals surface area contributed by atoms with Gasteiger partial charge < -0.3 is 10.1 Å². The van der Waals surface area contributed by atoms with E-state index < -0.39 is 26.8 Å². The van der Waals surface area contributed by atoms with Crippen molar-refractivity contribution in [1.29, 1.82) is 0 Å². The van der Waals surface area contributed by atoms with Crippen molar-refractivity contribution in [3.63, 3.8) is 0 Å². The van der Waals surface area contributed by atoms with E-state index in [2.05, 4.69) is 4.98 Å². The van der Waals surface area contributed by atoms with Gasteiger partial charge >= 0.3 is 11.9 Å². The maximum atomic E-state index is 12.0. The van der Waals surface area contributed by atoms with Crippen LogP contribution in [0.4, 0.5) is 5.95 Å². The summed E-state index contributed by atoms with van der Waals surface area (Å²) in [5.41, 5.74) is 2.71. The van der Waals surface area contributed by atoms with Crippen LogP contribution in [0.2, 0.25) is 0 Å². The smallest absolute Gasteiger partial charge is 0.390 e. The molecule has 2 aromatic rings. The van der Waals surface area contributed by atoms with Crippen LogP contribution in [-0.2, 0) is 17.1 Å². The average Bonchev–Trinajstić information content (AvgIpc) is 2.87. The molecule has 2 N–H and O–H groups in total. The molecule has 0 unspecified atom stereocenters. The number of nitro groups is 1. The van der Waals surface area contributed by atoms with Gasteiger partial charge in [0, 0.05) is 0 Å². The molecular weight excluding hydrogens is 326 g/mol. The Labute approximate surface area is 131 Å². The molecule has 0 fully saturated rings. The number of hydrazine groups is 1. The fourth-order valence-electron chi connectivity index (χ4n) is 1.73. The minimum atomic E-state index is -3.95. The number of nitrogens with zero attached hydrogens (tertiary/aromatic N) is 3. The fourth-order valence-corrected chi connectivity index (χ4v) is 2.57. The zero-order valence-electron chi connectivity index (χ0n) is 12.2. The molecule has 0 bridgehead atoms. The second-order valence-corrected chi connectivity index (χ2v) is 6.31. The number of imidazole rings is 1. The standard InChI is InChI=1S/C12H13N5O5S/c1-8-3-5-9(6-4-8)23(21,22)15-14-11(18)10-7-13-12(16(10)2)17(19)20/h3-7,15H,1-2H3,(H,14,18). The first-order chi connectivity index (χ1) is 10.7. The molecule has 0 saturated heterocycles. The molecule has 10 nitrogen and oxygen atoms in total. The minimum absolute atomic E-state index is 0.0283. The number of sulfonamides is 1. The number of benzene rings is 1. The van der Waals surface area contributed by atoms with Crippen LogP contribution < -0.4 is 10.3 Å². The number of hydrogen-bond donors (Lipinski definition) is 2. The first-order valence-electron chi connectivity index (χ1n) is 6.27. The van der Waals surface area contributed by atoms with Gasteiger partial charge in [-0.05, 0) is 24.0 Å². The number of carbonyl (C=O) groups excluding carboxylic acids is 1. The molecule has 1 heterocycles. The Hall–Kier alpha value is -2.79. The third kappa shape index (κ3) is 3.52. The zero-order chi connectivity index (χ0) is 17.2. The second-order valence-electron chi connectivity index (χ2n) is 4.63. The summed E-state index contributed by atoms with van der Waals surface area (Å²) in [5.74, 6) is -1.40. The molecular formula is C12H13N5O5S. The number of hydrogen-bond acceptors (Lipinski definition) is 6. The highest BCUT2D eigenvalue weighted by atomic mass is 32.2. The van der Waals surface area contributed by atoms with E-state index in [0.29, 0.717) is 0 Å². The predicted octanol–water partition coefficient (Wildman–Crippen LogP) is 0.260. The lowest BCUT2D eigenvalue weighted by atomic mass is 10.2. The number of rotatable bonds is 5. The molecule has 23 heavy (non-hydrogen) atoms. The summed E-state index contributed by atoms with van der Waals surface area (Å²) < 4.78 is 25.0. The highest BCUT2D eigenvalue weighted by Gasteiger charge is 2.24. The van der Waals surface area contributed by atoms with E-state index in [1.807, 2.05) is 10.3 Å². The Morgan fingerprint density at radius 1 is 1.30 bits per heavy atom. The highest BCUT2D eigenvalue weighted by Crippen LogP contribution is 2.11. The van der Waals surface area contributed by atoms with Crippen LogP contribution in [0, 0.1) is 17.0 Å². The maximum absolute atomic E-state index is 12.0. The van der Waals surface area contributed by atoms with Gasteiger partial charge in [0.2, 0.25) is 5.69 Å². The quantitative estimate of drug-likeness (QED) is 0.592. The molecule has 0 atom stereocenters. The molecule has 0 aliphatic heterocycles. The summed E-state index contributed by atoms with van der Waals surface area (Å²) in [4.78, 5) is 27.2. The van der Waals surface area contributed by atoms with Crippen LogP contribution >= 0.6 is 0 Å². The highest BCUT2D eigenvalue weighted by molar-refractivity contribution is 7.89. The third-order valence-corrected chi connectivity index (χ3v) is 4.25. The van der Waals surface area contributed by atoms with E-state index in [1.165, 1.54) is 19.2 Å². The first-order valence-corrected chi connectivity index (χ1v) is 7.75. The molecule has 122 valence electrons. The van der Waals surface area contributed by atoms with Gasteiger partial charge in [0.25, 0.3) is 10.0 Å². The normalized spacial score (nSPS) is 11.2. The summed E-state index contributed by atoms with van der Waals surface area (Å²) in [6.07, 6.45) is 0.980. The summed E-state index contributed by atoms with van der Waals surface area (Å²) in [7, 11) is -2.68. The minimum Gasteiger partial charge on any atom is -0.390 e. The van der Waals surface area contributed by atoms with Gasteiger partial charge in [0.1, 0.15) is 0 Å². The van der Waals surface area contributed by atoms with Crippen molar-refractivity contribution in [2.75, 3.05) is 0 Å². The van der Waals surface area contributed by atoms with Crippen LogP contribution in [0.15, 0.2) is 35.4 Å². The largest absolute Gasteiger partial charge is 0.434 e. The third-order valence-electron chi connectivity index (χ3n) is 2.99.